The number of non-ortho nitro benzene ring substituents is 1. The molecule has 0 aliphatic rings. The van der Waals surface area contributed by atoms with Gasteiger partial charge in [0, 0.05) is 35.8 Å². The molecule has 0 radical (unpaired) electrons. The average molecular weight is 511 g/mol. The summed E-state index contributed by atoms with van der Waals surface area (Å²) < 4.78 is 11.5. The van der Waals surface area contributed by atoms with Crippen molar-refractivity contribution in [2.24, 2.45) is 0 Å². The van der Waals surface area contributed by atoms with Crippen LogP contribution in [0.3, 0.4) is 0 Å². The Bertz CT molecular complexity index is 1530. The fourth-order valence-electron chi connectivity index (χ4n) is 3.98. The van der Waals surface area contributed by atoms with Crippen LogP contribution in [0.1, 0.15) is 23.6 Å². The van der Waals surface area contributed by atoms with Crippen LogP contribution >= 0.6 is 0 Å². The zero-order valence-corrected chi connectivity index (χ0v) is 20.8. The second-order valence-corrected chi connectivity index (χ2v) is 8.39. The first-order valence-corrected chi connectivity index (χ1v) is 12.1. The molecular weight excluding hydrogens is 484 g/mol. The number of carbonyl (C=O) groups is 1. The number of aromatic nitrogens is 1. The molecule has 0 spiro atoms. The van der Waals surface area contributed by atoms with Gasteiger partial charge < -0.3 is 19.8 Å². The Balaban J connectivity index is 1.42. The van der Waals surface area contributed by atoms with Crippen molar-refractivity contribution in [1.29, 1.82) is 5.26 Å². The lowest BCUT2D eigenvalue weighted by Gasteiger charge is -2.13. The Morgan fingerprint density at radius 2 is 1.95 bits per heavy atom. The Morgan fingerprint density at radius 1 is 1.11 bits per heavy atom. The Morgan fingerprint density at radius 3 is 2.74 bits per heavy atom. The Labute approximate surface area is 219 Å². The lowest BCUT2D eigenvalue weighted by molar-refractivity contribution is -0.384. The molecule has 4 rings (SSSR count). The number of aromatic amines is 1. The standard InChI is InChI=1S/C29H26N4O5/c1-2-37-28-16-20(10-11-27(28)38-19-21-6-5-7-24(15-21)33(35)36)14-23(17-30)29(34)31-13-12-22-18-32-26-9-4-3-8-25(22)26/h3-11,14-16,18,32H,2,12-13,19H2,1H3,(H,31,34)/b23-14-. The second kappa shape index (κ2) is 12.2. The normalized spacial score (nSPS) is 11.1. The van der Waals surface area contributed by atoms with Crippen molar-refractivity contribution in [3.05, 3.63) is 105 Å². The van der Waals surface area contributed by atoms with E-state index in [2.05, 4.69) is 10.3 Å². The molecule has 0 saturated heterocycles. The molecule has 9 nitrogen and oxygen atoms in total. The third kappa shape index (κ3) is 6.36. The van der Waals surface area contributed by atoms with Crippen molar-refractivity contribution in [1.82, 2.24) is 10.3 Å². The molecule has 1 aromatic heterocycles. The SMILES string of the molecule is CCOc1cc(/C=C(/C#N)C(=O)NCCc2c[nH]c3ccccc23)ccc1OCc1cccc([N+](=O)[O-])c1. The van der Waals surface area contributed by atoms with Gasteiger partial charge >= 0.3 is 0 Å². The largest absolute Gasteiger partial charge is 0.490 e. The number of hydrogen-bond donors (Lipinski definition) is 2. The molecule has 0 saturated carbocycles. The van der Waals surface area contributed by atoms with E-state index in [1.165, 1.54) is 18.2 Å². The predicted octanol–water partition coefficient (Wildman–Crippen LogP) is 5.32. The van der Waals surface area contributed by atoms with Gasteiger partial charge in [-0.25, -0.2) is 0 Å². The van der Waals surface area contributed by atoms with Crippen LogP contribution in [0.15, 0.2) is 78.5 Å². The van der Waals surface area contributed by atoms with E-state index in [1.807, 2.05) is 43.5 Å². The number of nitrogens with one attached hydrogen (secondary N) is 2. The number of benzene rings is 3. The lowest BCUT2D eigenvalue weighted by atomic mass is 10.1. The van der Waals surface area contributed by atoms with Crippen LogP contribution in [0.4, 0.5) is 5.69 Å². The lowest BCUT2D eigenvalue weighted by Crippen LogP contribution is -2.26. The molecule has 38 heavy (non-hydrogen) atoms. The van der Waals surface area contributed by atoms with Crippen molar-refractivity contribution < 1.29 is 19.2 Å². The van der Waals surface area contributed by atoms with Crippen LogP contribution in [0.2, 0.25) is 0 Å². The molecule has 3 aromatic carbocycles. The maximum atomic E-state index is 12.7. The van der Waals surface area contributed by atoms with E-state index in [4.69, 9.17) is 9.47 Å². The minimum atomic E-state index is -0.462. The highest BCUT2D eigenvalue weighted by atomic mass is 16.6. The summed E-state index contributed by atoms with van der Waals surface area (Å²) in [5.74, 6) is 0.414. The van der Waals surface area contributed by atoms with Gasteiger partial charge in [0.25, 0.3) is 11.6 Å². The molecule has 0 fully saturated rings. The summed E-state index contributed by atoms with van der Waals surface area (Å²) in [6.45, 7) is 2.70. The summed E-state index contributed by atoms with van der Waals surface area (Å²) in [5.41, 5.74) is 3.32. The van der Waals surface area contributed by atoms with Crippen LogP contribution < -0.4 is 14.8 Å². The van der Waals surface area contributed by atoms with E-state index >= 15 is 0 Å². The van der Waals surface area contributed by atoms with Gasteiger partial charge in [-0.15, -0.1) is 0 Å². The first-order valence-electron chi connectivity index (χ1n) is 12.1. The minimum absolute atomic E-state index is 0.0135. The van der Waals surface area contributed by atoms with Crippen LogP contribution in [0, 0.1) is 21.4 Å². The van der Waals surface area contributed by atoms with Gasteiger partial charge in [-0.1, -0.05) is 36.4 Å². The number of rotatable bonds is 11. The van der Waals surface area contributed by atoms with Gasteiger partial charge in [0.05, 0.1) is 11.5 Å². The van der Waals surface area contributed by atoms with Crippen molar-refractivity contribution in [3.63, 3.8) is 0 Å². The molecule has 0 bridgehead atoms. The summed E-state index contributed by atoms with van der Waals surface area (Å²) in [5, 5.41) is 24.5. The molecule has 4 aromatic rings. The fraction of sp³-hybridized carbons (Fsp3) is 0.172. The molecule has 192 valence electrons. The first kappa shape index (κ1) is 26.0. The van der Waals surface area contributed by atoms with Crippen LogP contribution in [-0.2, 0) is 17.8 Å². The van der Waals surface area contributed by atoms with E-state index in [9.17, 15) is 20.2 Å². The number of nitro benzene ring substituents is 1. The van der Waals surface area contributed by atoms with Gasteiger partial charge in [0.1, 0.15) is 18.2 Å². The average Bonchev–Trinajstić information content (AvgIpc) is 3.34. The zero-order valence-electron chi connectivity index (χ0n) is 20.8. The highest BCUT2D eigenvalue weighted by Gasteiger charge is 2.13. The number of carbonyl (C=O) groups excluding carboxylic acids is 1. The van der Waals surface area contributed by atoms with Crippen LogP contribution in [-0.4, -0.2) is 29.0 Å². The van der Waals surface area contributed by atoms with Crippen molar-refractivity contribution >= 4 is 28.6 Å². The van der Waals surface area contributed by atoms with E-state index in [0.717, 1.165) is 16.5 Å². The minimum Gasteiger partial charge on any atom is -0.490 e. The topological polar surface area (TPSA) is 130 Å². The van der Waals surface area contributed by atoms with Gasteiger partial charge in [-0.3, -0.25) is 14.9 Å². The third-order valence-corrected chi connectivity index (χ3v) is 5.81. The summed E-state index contributed by atoms with van der Waals surface area (Å²) >= 11 is 0. The quantitative estimate of drug-likeness (QED) is 0.122. The number of hydrogen-bond acceptors (Lipinski definition) is 6. The van der Waals surface area contributed by atoms with E-state index in [-0.39, 0.29) is 17.9 Å². The van der Waals surface area contributed by atoms with Gasteiger partial charge in [0.15, 0.2) is 11.5 Å². The number of H-pyrrole nitrogens is 1. The highest BCUT2D eigenvalue weighted by Crippen LogP contribution is 2.30. The van der Waals surface area contributed by atoms with Crippen molar-refractivity contribution in [2.75, 3.05) is 13.2 Å². The summed E-state index contributed by atoms with van der Waals surface area (Å²) in [6.07, 6.45) is 4.04. The molecular formula is C29H26N4O5. The van der Waals surface area contributed by atoms with Gasteiger partial charge in [-0.05, 0) is 54.3 Å². The van der Waals surface area contributed by atoms with E-state index < -0.39 is 10.8 Å². The maximum Gasteiger partial charge on any atom is 0.269 e. The van der Waals surface area contributed by atoms with Crippen LogP contribution in [0.25, 0.3) is 17.0 Å². The number of para-hydroxylation sites is 1. The van der Waals surface area contributed by atoms with E-state index in [0.29, 0.717) is 42.2 Å². The molecule has 1 amide bonds. The molecule has 2 N–H and O–H groups in total. The van der Waals surface area contributed by atoms with Crippen molar-refractivity contribution in [2.45, 2.75) is 20.0 Å². The molecule has 0 aliphatic carbocycles. The molecule has 0 aliphatic heterocycles. The summed E-state index contributed by atoms with van der Waals surface area (Å²) in [7, 11) is 0. The summed E-state index contributed by atoms with van der Waals surface area (Å²) in [4.78, 5) is 26.4. The number of fused-ring (bicyclic) bond motifs is 1. The monoisotopic (exact) mass is 510 g/mol. The first-order chi connectivity index (χ1) is 18.5. The smallest absolute Gasteiger partial charge is 0.269 e. The van der Waals surface area contributed by atoms with Gasteiger partial charge in [0.2, 0.25) is 0 Å². The van der Waals surface area contributed by atoms with E-state index in [1.54, 1.807) is 30.3 Å². The number of nitrogens with zero attached hydrogens (tertiary/aromatic N) is 2. The number of ether oxygens (including phenoxy) is 2. The molecule has 9 heteroatoms. The zero-order chi connectivity index (χ0) is 26.9. The van der Waals surface area contributed by atoms with Crippen molar-refractivity contribution in [3.8, 4) is 17.6 Å². The fourth-order valence-corrected chi connectivity index (χ4v) is 3.98. The van der Waals surface area contributed by atoms with Crippen LogP contribution in [0.5, 0.6) is 11.5 Å². The molecule has 0 unspecified atom stereocenters. The number of amides is 1. The third-order valence-electron chi connectivity index (χ3n) is 5.81. The molecule has 1 heterocycles. The second-order valence-electron chi connectivity index (χ2n) is 8.39. The van der Waals surface area contributed by atoms with Gasteiger partial charge in [-0.2, -0.15) is 5.26 Å². The Hall–Kier alpha value is -5.10. The number of nitriles is 1. The predicted molar refractivity (Wildman–Crippen MR) is 144 cm³/mol. The molecule has 0 atom stereocenters. The highest BCUT2D eigenvalue weighted by molar-refractivity contribution is 6.01. The maximum absolute atomic E-state index is 12.7. The Kier molecular flexibility index (Phi) is 8.36. The summed E-state index contributed by atoms with van der Waals surface area (Å²) in [6, 6.07) is 21.2. The number of nitro groups is 1.